The van der Waals surface area contributed by atoms with E-state index in [-0.39, 0.29) is 5.76 Å². The Morgan fingerprint density at radius 1 is 1.44 bits per heavy atom. The zero-order valence-electron chi connectivity index (χ0n) is 8.39. The molecule has 2 heterocycles. The molecule has 0 amide bonds. The minimum absolute atomic E-state index is 0.157. The highest BCUT2D eigenvalue weighted by Gasteiger charge is 2.13. The van der Waals surface area contributed by atoms with E-state index in [9.17, 15) is 4.79 Å². The van der Waals surface area contributed by atoms with Crippen LogP contribution in [0.25, 0.3) is 10.6 Å². The molecular formula is C11H7NO3S. The van der Waals surface area contributed by atoms with Crippen LogP contribution in [-0.2, 0) is 4.74 Å². The molecule has 0 aliphatic rings. The van der Waals surface area contributed by atoms with Gasteiger partial charge in [0.15, 0.2) is 0 Å². The number of carbonyl (C=O) groups excluding carboxylic acids is 1. The zero-order chi connectivity index (χ0) is 11.5. The van der Waals surface area contributed by atoms with Gasteiger partial charge in [0.25, 0.3) is 0 Å². The summed E-state index contributed by atoms with van der Waals surface area (Å²) in [4.78, 5) is 12.6. The number of rotatable bonds is 2. The molecule has 0 radical (unpaired) electrons. The molecule has 5 heteroatoms. The first kappa shape index (κ1) is 10.5. The molecule has 0 bridgehead atoms. The quantitative estimate of drug-likeness (QED) is 0.748. The molecule has 0 aliphatic heterocycles. The Hall–Kier alpha value is -2.06. The van der Waals surface area contributed by atoms with Crippen molar-refractivity contribution in [3.63, 3.8) is 0 Å². The predicted octanol–water partition coefficient (Wildman–Crippen LogP) is 2.67. The third-order valence-corrected chi connectivity index (χ3v) is 2.96. The summed E-state index contributed by atoms with van der Waals surface area (Å²) in [5, 5.41) is 8.69. The van der Waals surface area contributed by atoms with Crippen molar-refractivity contribution in [2.45, 2.75) is 0 Å². The Morgan fingerprint density at radius 2 is 2.25 bits per heavy atom. The Morgan fingerprint density at radius 3 is 2.88 bits per heavy atom. The van der Waals surface area contributed by atoms with E-state index in [1.165, 1.54) is 18.4 Å². The van der Waals surface area contributed by atoms with Gasteiger partial charge in [0, 0.05) is 0 Å². The molecule has 16 heavy (non-hydrogen) atoms. The number of nitrogens with zero attached hydrogens (tertiary/aromatic N) is 1. The molecule has 0 aromatic carbocycles. The molecule has 0 saturated carbocycles. The largest absolute Gasteiger partial charge is 0.463 e. The summed E-state index contributed by atoms with van der Waals surface area (Å²) >= 11 is 1.31. The second-order valence-corrected chi connectivity index (χ2v) is 4.01. The van der Waals surface area contributed by atoms with Gasteiger partial charge in [-0.1, -0.05) is 0 Å². The number of nitriles is 1. The van der Waals surface area contributed by atoms with Gasteiger partial charge in [0.05, 0.1) is 12.0 Å². The number of carbonyl (C=O) groups is 1. The lowest BCUT2D eigenvalue weighted by Gasteiger charge is -1.93. The number of methoxy groups -OCH3 is 1. The van der Waals surface area contributed by atoms with Crippen molar-refractivity contribution in [2.24, 2.45) is 0 Å². The molecule has 0 unspecified atom stereocenters. The zero-order valence-corrected chi connectivity index (χ0v) is 9.21. The van der Waals surface area contributed by atoms with Gasteiger partial charge in [-0.05, 0) is 24.3 Å². The fourth-order valence-electron chi connectivity index (χ4n) is 1.21. The van der Waals surface area contributed by atoms with Crippen LogP contribution >= 0.6 is 11.3 Å². The number of hydrogen-bond donors (Lipinski definition) is 0. The molecule has 80 valence electrons. The highest BCUT2D eigenvalue weighted by Crippen LogP contribution is 2.29. The second kappa shape index (κ2) is 4.21. The minimum atomic E-state index is -0.511. The van der Waals surface area contributed by atoms with Gasteiger partial charge < -0.3 is 9.15 Å². The molecule has 0 atom stereocenters. The van der Waals surface area contributed by atoms with Crippen LogP contribution in [0.5, 0.6) is 0 Å². The SMILES string of the molecule is COC(=O)c1ccc(-c2ccc(C#N)s2)o1. The number of ether oxygens (including phenoxy) is 1. The Balaban J connectivity index is 2.32. The summed E-state index contributed by atoms with van der Waals surface area (Å²) in [6.07, 6.45) is 0. The fourth-order valence-corrected chi connectivity index (χ4v) is 1.98. The number of furan rings is 1. The molecule has 0 spiro atoms. The molecular weight excluding hydrogens is 226 g/mol. The van der Waals surface area contributed by atoms with Crippen molar-refractivity contribution in [3.8, 4) is 16.7 Å². The van der Waals surface area contributed by atoms with Gasteiger partial charge in [-0.15, -0.1) is 11.3 Å². The maximum absolute atomic E-state index is 11.2. The third-order valence-electron chi connectivity index (χ3n) is 1.95. The van der Waals surface area contributed by atoms with E-state index in [4.69, 9.17) is 9.68 Å². The van der Waals surface area contributed by atoms with Gasteiger partial charge >= 0.3 is 5.97 Å². The van der Waals surface area contributed by atoms with E-state index >= 15 is 0 Å². The standard InChI is InChI=1S/C11H7NO3S/c1-14-11(13)9-4-3-8(15-9)10-5-2-7(6-12)16-10/h2-5H,1H3. The minimum Gasteiger partial charge on any atom is -0.463 e. The van der Waals surface area contributed by atoms with Crippen LogP contribution in [0.4, 0.5) is 0 Å². The van der Waals surface area contributed by atoms with Gasteiger partial charge in [0.2, 0.25) is 5.76 Å². The van der Waals surface area contributed by atoms with E-state index in [2.05, 4.69) is 4.74 Å². The van der Waals surface area contributed by atoms with Crippen molar-refractivity contribution >= 4 is 17.3 Å². The van der Waals surface area contributed by atoms with Crippen molar-refractivity contribution in [1.29, 1.82) is 5.26 Å². The number of esters is 1. The van der Waals surface area contributed by atoms with Crippen LogP contribution in [0.3, 0.4) is 0 Å². The Kier molecular flexibility index (Phi) is 2.75. The topological polar surface area (TPSA) is 63.2 Å². The van der Waals surface area contributed by atoms with Crippen LogP contribution in [0.1, 0.15) is 15.4 Å². The summed E-state index contributed by atoms with van der Waals surface area (Å²) in [5.41, 5.74) is 0. The third kappa shape index (κ3) is 1.83. The lowest BCUT2D eigenvalue weighted by molar-refractivity contribution is 0.0566. The maximum atomic E-state index is 11.2. The molecule has 0 aliphatic carbocycles. The van der Waals surface area contributed by atoms with Crippen LogP contribution in [-0.4, -0.2) is 13.1 Å². The smallest absolute Gasteiger partial charge is 0.373 e. The lowest BCUT2D eigenvalue weighted by atomic mass is 10.3. The van der Waals surface area contributed by atoms with Crippen molar-refractivity contribution in [1.82, 2.24) is 0 Å². The van der Waals surface area contributed by atoms with E-state index in [1.807, 2.05) is 6.07 Å². The van der Waals surface area contributed by atoms with Crippen molar-refractivity contribution in [2.75, 3.05) is 7.11 Å². The normalized spacial score (nSPS) is 9.75. The lowest BCUT2D eigenvalue weighted by Crippen LogP contribution is -1.97. The molecule has 0 saturated heterocycles. The van der Waals surface area contributed by atoms with Crippen LogP contribution in [0.15, 0.2) is 28.7 Å². The molecule has 2 rings (SSSR count). The highest BCUT2D eigenvalue weighted by molar-refractivity contribution is 7.15. The Labute approximate surface area is 95.7 Å². The van der Waals surface area contributed by atoms with Gasteiger partial charge in [-0.2, -0.15) is 5.26 Å². The van der Waals surface area contributed by atoms with Crippen molar-refractivity contribution in [3.05, 3.63) is 34.9 Å². The average Bonchev–Trinajstić information content (AvgIpc) is 2.95. The maximum Gasteiger partial charge on any atom is 0.373 e. The van der Waals surface area contributed by atoms with E-state index in [1.54, 1.807) is 24.3 Å². The van der Waals surface area contributed by atoms with E-state index in [0.29, 0.717) is 10.6 Å². The molecule has 4 nitrogen and oxygen atoms in total. The first-order chi connectivity index (χ1) is 7.74. The van der Waals surface area contributed by atoms with Crippen LogP contribution in [0, 0.1) is 11.3 Å². The number of hydrogen-bond acceptors (Lipinski definition) is 5. The first-order valence-corrected chi connectivity index (χ1v) is 5.24. The highest BCUT2D eigenvalue weighted by atomic mass is 32.1. The summed E-state index contributed by atoms with van der Waals surface area (Å²) in [6, 6.07) is 8.76. The second-order valence-electron chi connectivity index (χ2n) is 2.93. The average molecular weight is 233 g/mol. The van der Waals surface area contributed by atoms with Crippen LogP contribution in [0.2, 0.25) is 0 Å². The van der Waals surface area contributed by atoms with Crippen molar-refractivity contribution < 1.29 is 13.9 Å². The first-order valence-electron chi connectivity index (χ1n) is 4.43. The summed E-state index contributed by atoms with van der Waals surface area (Å²) in [6.45, 7) is 0. The van der Waals surface area contributed by atoms with Gasteiger partial charge in [-0.25, -0.2) is 4.79 Å². The molecule has 0 N–H and O–H groups in total. The monoisotopic (exact) mass is 233 g/mol. The molecule has 0 fully saturated rings. The summed E-state index contributed by atoms with van der Waals surface area (Å²) in [5.74, 6) is 0.208. The Bertz CT molecular complexity index is 562. The van der Waals surface area contributed by atoms with E-state index in [0.717, 1.165) is 4.88 Å². The fraction of sp³-hybridized carbons (Fsp3) is 0.0909. The summed E-state index contributed by atoms with van der Waals surface area (Å²) < 4.78 is 9.84. The van der Waals surface area contributed by atoms with Gasteiger partial charge in [0.1, 0.15) is 16.7 Å². The molecule has 2 aromatic heterocycles. The summed E-state index contributed by atoms with van der Waals surface area (Å²) in [7, 11) is 1.30. The predicted molar refractivity (Wildman–Crippen MR) is 58.1 cm³/mol. The van der Waals surface area contributed by atoms with Crippen LogP contribution < -0.4 is 0 Å². The molecule has 2 aromatic rings. The number of thiophene rings is 1. The van der Waals surface area contributed by atoms with Gasteiger partial charge in [-0.3, -0.25) is 0 Å². The van der Waals surface area contributed by atoms with E-state index < -0.39 is 5.97 Å².